The van der Waals surface area contributed by atoms with E-state index in [-0.39, 0.29) is 30.8 Å². The fourth-order valence-electron chi connectivity index (χ4n) is 3.53. The first-order valence-electron chi connectivity index (χ1n) is 9.80. The Labute approximate surface area is 185 Å². The Morgan fingerprint density at radius 3 is 2.68 bits per heavy atom. The number of benzene rings is 1. The summed E-state index contributed by atoms with van der Waals surface area (Å²) in [6.07, 6.45) is 6.23. The predicted molar refractivity (Wildman–Crippen MR) is 115 cm³/mol. The second-order valence-electron chi connectivity index (χ2n) is 7.02. The number of aromatic nitrogens is 4. The second kappa shape index (κ2) is 9.93. The molecule has 4 rings (SSSR count). The fraction of sp³-hybridized carbons (Fsp3) is 0.333. The molecular formula is C21H23ClF2N6O. The van der Waals surface area contributed by atoms with Crippen LogP contribution in [0.15, 0.2) is 36.8 Å². The van der Waals surface area contributed by atoms with Crippen molar-refractivity contribution in [1.82, 2.24) is 19.9 Å². The topological polar surface area (TPSA) is 90.0 Å². The molecule has 164 valence electrons. The van der Waals surface area contributed by atoms with E-state index in [1.54, 1.807) is 24.7 Å². The molecule has 0 spiro atoms. The van der Waals surface area contributed by atoms with Crippen LogP contribution in [-0.4, -0.2) is 39.6 Å². The smallest absolute Gasteiger partial charge is 0.200 e. The van der Waals surface area contributed by atoms with E-state index in [0.29, 0.717) is 43.3 Å². The molecule has 3 heterocycles. The van der Waals surface area contributed by atoms with Gasteiger partial charge in [0.2, 0.25) is 5.82 Å². The van der Waals surface area contributed by atoms with Gasteiger partial charge in [-0.25, -0.2) is 24.3 Å². The van der Waals surface area contributed by atoms with Crippen LogP contribution in [0.1, 0.15) is 30.6 Å². The predicted octanol–water partition coefficient (Wildman–Crippen LogP) is 3.48. The molecule has 1 unspecified atom stereocenters. The van der Waals surface area contributed by atoms with Gasteiger partial charge < -0.3 is 15.4 Å². The van der Waals surface area contributed by atoms with E-state index >= 15 is 0 Å². The van der Waals surface area contributed by atoms with Crippen molar-refractivity contribution in [3.63, 3.8) is 0 Å². The maximum Gasteiger partial charge on any atom is 0.200 e. The zero-order valence-electron chi connectivity index (χ0n) is 17.0. The molecular weight excluding hydrogens is 426 g/mol. The summed E-state index contributed by atoms with van der Waals surface area (Å²) in [4.78, 5) is 19.4. The van der Waals surface area contributed by atoms with E-state index in [2.05, 4.69) is 19.9 Å². The summed E-state index contributed by atoms with van der Waals surface area (Å²) in [5.74, 6) is -1.10. The third-order valence-corrected chi connectivity index (χ3v) is 5.09. The Hall–Kier alpha value is -2.91. The van der Waals surface area contributed by atoms with Gasteiger partial charge in [-0.15, -0.1) is 12.4 Å². The third-order valence-electron chi connectivity index (χ3n) is 5.09. The minimum Gasteiger partial charge on any atom is -0.490 e. The first-order valence-corrected chi connectivity index (χ1v) is 9.80. The van der Waals surface area contributed by atoms with Gasteiger partial charge in [-0.1, -0.05) is 0 Å². The van der Waals surface area contributed by atoms with Crippen LogP contribution in [0.5, 0.6) is 5.75 Å². The average molecular weight is 449 g/mol. The van der Waals surface area contributed by atoms with Crippen LogP contribution in [0.2, 0.25) is 0 Å². The van der Waals surface area contributed by atoms with Crippen molar-refractivity contribution < 1.29 is 13.5 Å². The Bertz CT molecular complexity index is 1040. The molecule has 0 saturated carbocycles. The van der Waals surface area contributed by atoms with E-state index in [1.165, 1.54) is 12.1 Å². The largest absolute Gasteiger partial charge is 0.490 e. The Balaban J connectivity index is 0.00000272. The van der Waals surface area contributed by atoms with E-state index in [9.17, 15) is 8.78 Å². The SMILES string of the molecule is CC1c2cnc(-c3ncccn3)nc2CCN1c1cc(F)c(F)c(OCCCN)c1.Cl. The van der Waals surface area contributed by atoms with Gasteiger partial charge in [-0.05, 0) is 26.0 Å². The minimum absolute atomic E-state index is 0. The average Bonchev–Trinajstić information content (AvgIpc) is 2.77. The summed E-state index contributed by atoms with van der Waals surface area (Å²) in [7, 11) is 0. The van der Waals surface area contributed by atoms with Gasteiger partial charge in [0.05, 0.1) is 18.3 Å². The molecule has 0 aliphatic carbocycles. The minimum atomic E-state index is -0.989. The van der Waals surface area contributed by atoms with Gasteiger partial charge in [0.15, 0.2) is 23.2 Å². The van der Waals surface area contributed by atoms with Gasteiger partial charge in [0.25, 0.3) is 0 Å². The number of halogens is 3. The van der Waals surface area contributed by atoms with Gasteiger partial charge in [0, 0.05) is 54.9 Å². The zero-order chi connectivity index (χ0) is 21.1. The van der Waals surface area contributed by atoms with Crippen LogP contribution in [0.4, 0.5) is 14.5 Å². The Kier molecular flexibility index (Phi) is 7.29. The number of nitrogens with two attached hydrogens (primary N) is 1. The summed E-state index contributed by atoms with van der Waals surface area (Å²) in [5.41, 5.74) is 7.82. The molecule has 31 heavy (non-hydrogen) atoms. The summed E-state index contributed by atoms with van der Waals surface area (Å²) < 4.78 is 33.8. The lowest BCUT2D eigenvalue weighted by Crippen LogP contribution is -2.35. The van der Waals surface area contributed by atoms with Crippen molar-refractivity contribution >= 4 is 18.1 Å². The molecule has 3 aromatic rings. The van der Waals surface area contributed by atoms with Crippen molar-refractivity contribution in [1.29, 1.82) is 0 Å². The van der Waals surface area contributed by atoms with Gasteiger partial charge in [-0.3, -0.25) is 0 Å². The number of hydrogen-bond acceptors (Lipinski definition) is 7. The van der Waals surface area contributed by atoms with E-state index in [4.69, 9.17) is 10.5 Å². The molecule has 2 N–H and O–H groups in total. The van der Waals surface area contributed by atoms with Crippen molar-refractivity contribution in [3.8, 4) is 17.4 Å². The third kappa shape index (κ3) is 4.72. The quantitative estimate of drug-likeness (QED) is 0.577. The van der Waals surface area contributed by atoms with E-state index in [0.717, 1.165) is 11.3 Å². The summed E-state index contributed by atoms with van der Waals surface area (Å²) in [6, 6.07) is 4.34. The molecule has 0 saturated heterocycles. The van der Waals surface area contributed by atoms with Crippen molar-refractivity contribution in [3.05, 3.63) is 59.7 Å². The Morgan fingerprint density at radius 2 is 1.94 bits per heavy atom. The normalized spacial score (nSPS) is 15.2. The van der Waals surface area contributed by atoms with Crippen molar-refractivity contribution in [2.24, 2.45) is 5.73 Å². The van der Waals surface area contributed by atoms with E-state index < -0.39 is 11.6 Å². The molecule has 2 aromatic heterocycles. The van der Waals surface area contributed by atoms with Crippen LogP contribution in [0.25, 0.3) is 11.6 Å². The molecule has 1 aromatic carbocycles. The number of hydrogen-bond donors (Lipinski definition) is 1. The monoisotopic (exact) mass is 448 g/mol. The highest BCUT2D eigenvalue weighted by Gasteiger charge is 2.28. The zero-order valence-corrected chi connectivity index (χ0v) is 17.8. The van der Waals surface area contributed by atoms with Crippen LogP contribution < -0.4 is 15.4 Å². The highest BCUT2D eigenvalue weighted by molar-refractivity contribution is 5.85. The number of nitrogens with zero attached hydrogens (tertiary/aromatic N) is 5. The lowest BCUT2D eigenvalue weighted by molar-refractivity contribution is 0.292. The molecule has 0 bridgehead atoms. The van der Waals surface area contributed by atoms with Crippen LogP contribution in [0.3, 0.4) is 0 Å². The maximum absolute atomic E-state index is 14.2. The summed E-state index contributed by atoms with van der Waals surface area (Å²) >= 11 is 0. The van der Waals surface area contributed by atoms with Gasteiger partial charge in [0.1, 0.15) is 0 Å². The highest BCUT2D eigenvalue weighted by atomic mass is 35.5. The lowest BCUT2D eigenvalue weighted by atomic mass is 9.98. The number of anilines is 1. The molecule has 1 atom stereocenters. The molecule has 0 radical (unpaired) electrons. The van der Waals surface area contributed by atoms with Crippen molar-refractivity contribution in [2.45, 2.75) is 25.8 Å². The van der Waals surface area contributed by atoms with Gasteiger partial charge >= 0.3 is 0 Å². The second-order valence-corrected chi connectivity index (χ2v) is 7.02. The molecule has 7 nitrogen and oxygen atoms in total. The first kappa shape index (κ1) is 22.8. The Morgan fingerprint density at radius 1 is 1.16 bits per heavy atom. The van der Waals surface area contributed by atoms with Crippen LogP contribution >= 0.6 is 12.4 Å². The lowest BCUT2D eigenvalue weighted by Gasteiger charge is -2.36. The molecule has 1 aliphatic heterocycles. The van der Waals surface area contributed by atoms with Crippen LogP contribution in [0, 0.1) is 11.6 Å². The van der Waals surface area contributed by atoms with Crippen LogP contribution in [-0.2, 0) is 6.42 Å². The highest BCUT2D eigenvalue weighted by Crippen LogP contribution is 2.36. The fourth-order valence-corrected chi connectivity index (χ4v) is 3.53. The van der Waals surface area contributed by atoms with Crippen molar-refractivity contribution in [2.75, 3.05) is 24.6 Å². The number of rotatable bonds is 6. The molecule has 0 fully saturated rings. The maximum atomic E-state index is 14.2. The standard InChI is InChI=1S/C21H22F2N6O.ClH/c1-13-15-12-27-21(20-25-6-3-7-26-20)28-17(15)4-8-29(13)14-10-16(22)19(23)18(11-14)30-9-2-5-24;/h3,6-7,10-13H,2,4-5,8-9,24H2,1H3;1H. The first-order chi connectivity index (χ1) is 14.6. The summed E-state index contributed by atoms with van der Waals surface area (Å²) in [6.45, 7) is 3.22. The number of ether oxygens (including phenoxy) is 1. The molecule has 10 heteroatoms. The number of fused-ring (bicyclic) bond motifs is 1. The molecule has 1 aliphatic rings. The van der Waals surface area contributed by atoms with Gasteiger partial charge in [-0.2, -0.15) is 4.39 Å². The molecule has 0 amide bonds. The summed E-state index contributed by atoms with van der Waals surface area (Å²) in [5, 5.41) is 0. The van der Waals surface area contributed by atoms with E-state index in [1.807, 2.05) is 11.8 Å².